The van der Waals surface area contributed by atoms with Gasteiger partial charge in [-0.25, -0.2) is 4.98 Å². The molecule has 0 saturated heterocycles. The molecule has 5 heteroatoms. The molecule has 0 fully saturated rings. The summed E-state index contributed by atoms with van der Waals surface area (Å²) in [5, 5.41) is 3.47. The first-order valence-electron chi connectivity index (χ1n) is 6.50. The highest BCUT2D eigenvalue weighted by Gasteiger charge is 2.15. The van der Waals surface area contributed by atoms with Crippen molar-refractivity contribution in [1.29, 1.82) is 0 Å². The average Bonchev–Trinajstić information content (AvgIpc) is 2.48. The number of nitrogens with zero attached hydrogens (tertiary/aromatic N) is 3. The summed E-state index contributed by atoms with van der Waals surface area (Å²) in [6.07, 6.45) is 5.33. The molecule has 0 aliphatic rings. The van der Waals surface area contributed by atoms with E-state index in [-0.39, 0.29) is 6.04 Å². The van der Waals surface area contributed by atoms with Crippen molar-refractivity contribution in [2.24, 2.45) is 0 Å². The molecule has 0 aromatic carbocycles. The smallest absolute Gasteiger partial charge is 0.239 e. The van der Waals surface area contributed by atoms with Crippen molar-refractivity contribution in [2.75, 3.05) is 31.4 Å². The standard InChI is InChI=1S/C15H20N4O/c1-11(12-5-8-16-9-6-12)18-14-13(19(2)3)7-10-17-15(14)20-4/h5-11,18H,1-4H3. The second-order valence-corrected chi connectivity index (χ2v) is 4.76. The largest absolute Gasteiger partial charge is 0.479 e. The zero-order valence-corrected chi connectivity index (χ0v) is 12.3. The summed E-state index contributed by atoms with van der Waals surface area (Å²) in [6.45, 7) is 2.10. The number of aromatic nitrogens is 2. The summed E-state index contributed by atoms with van der Waals surface area (Å²) in [6, 6.07) is 6.09. The van der Waals surface area contributed by atoms with Gasteiger partial charge >= 0.3 is 0 Å². The molecule has 20 heavy (non-hydrogen) atoms. The van der Waals surface area contributed by atoms with Crippen LogP contribution in [0.15, 0.2) is 36.8 Å². The lowest BCUT2D eigenvalue weighted by molar-refractivity contribution is 0.399. The van der Waals surface area contributed by atoms with Crippen LogP contribution in [0.2, 0.25) is 0 Å². The van der Waals surface area contributed by atoms with E-state index in [1.54, 1.807) is 25.7 Å². The number of hydrogen-bond donors (Lipinski definition) is 1. The normalized spacial score (nSPS) is 11.8. The van der Waals surface area contributed by atoms with Crippen LogP contribution >= 0.6 is 0 Å². The maximum Gasteiger partial charge on any atom is 0.239 e. The van der Waals surface area contributed by atoms with Crippen molar-refractivity contribution in [3.05, 3.63) is 42.4 Å². The van der Waals surface area contributed by atoms with E-state index in [0.29, 0.717) is 5.88 Å². The quantitative estimate of drug-likeness (QED) is 0.907. The molecule has 0 amide bonds. The molecule has 0 spiro atoms. The van der Waals surface area contributed by atoms with E-state index in [1.165, 1.54) is 0 Å². The van der Waals surface area contributed by atoms with E-state index in [9.17, 15) is 0 Å². The Morgan fingerprint density at radius 2 is 1.85 bits per heavy atom. The van der Waals surface area contributed by atoms with Gasteiger partial charge in [-0.3, -0.25) is 4.98 Å². The van der Waals surface area contributed by atoms with Gasteiger partial charge in [-0.2, -0.15) is 0 Å². The van der Waals surface area contributed by atoms with Gasteiger partial charge in [-0.1, -0.05) is 0 Å². The number of nitrogens with one attached hydrogen (secondary N) is 1. The van der Waals surface area contributed by atoms with Gasteiger partial charge in [0.1, 0.15) is 5.69 Å². The molecular formula is C15H20N4O. The third-order valence-electron chi connectivity index (χ3n) is 3.14. The molecule has 0 radical (unpaired) electrons. The van der Waals surface area contributed by atoms with E-state index in [1.807, 2.05) is 37.2 Å². The fourth-order valence-corrected chi connectivity index (χ4v) is 2.05. The lowest BCUT2D eigenvalue weighted by Crippen LogP contribution is -2.15. The van der Waals surface area contributed by atoms with Crippen molar-refractivity contribution < 1.29 is 4.74 Å². The Kier molecular flexibility index (Phi) is 4.40. The number of pyridine rings is 2. The number of hydrogen-bond acceptors (Lipinski definition) is 5. The van der Waals surface area contributed by atoms with Crippen molar-refractivity contribution in [1.82, 2.24) is 9.97 Å². The summed E-state index contributed by atoms with van der Waals surface area (Å²) in [4.78, 5) is 10.3. The maximum atomic E-state index is 5.36. The van der Waals surface area contributed by atoms with Gasteiger partial charge in [-0.15, -0.1) is 0 Å². The van der Waals surface area contributed by atoms with Crippen LogP contribution in [-0.2, 0) is 0 Å². The lowest BCUT2D eigenvalue weighted by Gasteiger charge is -2.23. The molecule has 1 atom stereocenters. The Morgan fingerprint density at radius 3 is 2.45 bits per heavy atom. The van der Waals surface area contributed by atoms with Gasteiger partial charge in [0.05, 0.1) is 12.8 Å². The van der Waals surface area contributed by atoms with Crippen LogP contribution in [0, 0.1) is 0 Å². The molecule has 1 unspecified atom stereocenters. The minimum atomic E-state index is 0.134. The SMILES string of the molecule is COc1nccc(N(C)C)c1NC(C)c1ccncc1. The van der Waals surface area contributed by atoms with E-state index >= 15 is 0 Å². The number of anilines is 2. The molecule has 1 N–H and O–H groups in total. The summed E-state index contributed by atoms with van der Waals surface area (Å²) < 4.78 is 5.36. The van der Waals surface area contributed by atoms with Gasteiger partial charge < -0.3 is 15.0 Å². The molecule has 2 aromatic heterocycles. The molecule has 0 bridgehead atoms. The van der Waals surface area contributed by atoms with Crippen molar-refractivity contribution in [3.63, 3.8) is 0 Å². The van der Waals surface area contributed by atoms with Crippen LogP contribution in [0.5, 0.6) is 5.88 Å². The summed E-state index contributed by atoms with van der Waals surface area (Å²) in [5.41, 5.74) is 3.10. The fourth-order valence-electron chi connectivity index (χ4n) is 2.05. The number of rotatable bonds is 5. The highest BCUT2D eigenvalue weighted by Crippen LogP contribution is 2.34. The van der Waals surface area contributed by atoms with Gasteiger partial charge in [-0.05, 0) is 30.7 Å². The van der Waals surface area contributed by atoms with Crippen LogP contribution in [0.25, 0.3) is 0 Å². The molecule has 2 aromatic rings. The minimum Gasteiger partial charge on any atom is -0.479 e. The van der Waals surface area contributed by atoms with E-state index in [2.05, 4.69) is 22.2 Å². The van der Waals surface area contributed by atoms with Crippen molar-refractivity contribution >= 4 is 11.4 Å². The second-order valence-electron chi connectivity index (χ2n) is 4.76. The Bertz CT molecular complexity index is 557. The predicted molar refractivity (Wildman–Crippen MR) is 81.4 cm³/mol. The molecule has 0 saturated carbocycles. The monoisotopic (exact) mass is 272 g/mol. The molecular weight excluding hydrogens is 252 g/mol. The van der Waals surface area contributed by atoms with E-state index in [4.69, 9.17) is 4.74 Å². The third-order valence-corrected chi connectivity index (χ3v) is 3.14. The Balaban J connectivity index is 2.32. The van der Waals surface area contributed by atoms with Gasteiger partial charge in [0.2, 0.25) is 5.88 Å². The maximum absolute atomic E-state index is 5.36. The molecule has 0 aliphatic carbocycles. The second kappa shape index (κ2) is 6.23. The zero-order chi connectivity index (χ0) is 14.5. The first-order chi connectivity index (χ1) is 9.63. The predicted octanol–water partition coefficient (Wildman–Crippen LogP) is 2.72. The first kappa shape index (κ1) is 14.1. The van der Waals surface area contributed by atoms with Crippen molar-refractivity contribution in [3.8, 4) is 5.88 Å². The summed E-state index contributed by atoms with van der Waals surface area (Å²) in [5.74, 6) is 0.595. The van der Waals surface area contributed by atoms with Crippen LogP contribution in [0.1, 0.15) is 18.5 Å². The average molecular weight is 272 g/mol. The van der Waals surface area contributed by atoms with Crippen LogP contribution < -0.4 is 15.0 Å². The molecule has 0 aliphatic heterocycles. The highest BCUT2D eigenvalue weighted by molar-refractivity contribution is 5.74. The zero-order valence-electron chi connectivity index (χ0n) is 12.3. The molecule has 2 heterocycles. The van der Waals surface area contributed by atoms with E-state index in [0.717, 1.165) is 16.9 Å². The minimum absolute atomic E-state index is 0.134. The van der Waals surface area contributed by atoms with Crippen molar-refractivity contribution in [2.45, 2.75) is 13.0 Å². The molecule has 5 nitrogen and oxygen atoms in total. The number of methoxy groups -OCH3 is 1. The van der Waals surface area contributed by atoms with Gasteiger partial charge in [0, 0.05) is 38.7 Å². The highest BCUT2D eigenvalue weighted by atomic mass is 16.5. The Labute approximate surface area is 119 Å². The lowest BCUT2D eigenvalue weighted by atomic mass is 10.1. The number of ether oxygens (including phenoxy) is 1. The van der Waals surface area contributed by atoms with Gasteiger partial charge in [0.15, 0.2) is 0 Å². The van der Waals surface area contributed by atoms with Crippen LogP contribution in [-0.4, -0.2) is 31.2 Å². The first-order valence-corrected chi connectivity index (χ1v) is 6.50. The molecule has 106 valence electrons. The van der Waals surface area contributed by atoms with Gasteiger partial charge in [0.25, 0.3) is 0 Å². The third kappa shape index (κ3) is 2.99. The fraction of sp³-hybridized carbons (Fsp3) is 0.333. The summed E-state index contributed by atoms with van der Waals surface area (Å²) >= 11 is 0. The Morgan fingerprint density at radius 1 is 1.15 bits per heavy atom. The van der Waals surface area contributed by atoms with E-state index < -0.39 is 0 Å². The Hall–Kier alpha value is -2.30. The van der Waals surface area contributed by atoms with Crippen LogP contribution in [0.4, 0.5) is 11.4 Å². The van der Waals surface area contributed by atoms with Crippen LogP contribution in [0.3, 0.4) is 0 Å². The topological polar surface area (TPSA) is 50.3 Å². The summed E-state index contributed by atoms with van der Waals surface area (Å²) in [7, 11) is 5.62. The molecule has 2 rings (SSSR count).